The van der Waals surface area contributed by atoms with E-state index in [1.165, 1.54) is 116 Å². The van der Waals surface area contributed by atoms with E-state index in [1.54, 1.807) is 0 Å². The smallest absolute Gasteiger partial charge is 0.167 e. The van der Waals surface area contributed by atoms with Crippen molar-refractivity contribution in [2.75, 3.05) is 40.0 Å². The highest BCUT2D eigenvalue weighted by atomic mass is 16.7. The monoisotopic (exact) mass is 935 g/mol. The molecule has 384 valence electrons. The molecule has 7 nitrogen and oxygen atoms in total. The minimum atomic E-state index is -0.491. The molecular formula is C60H102O7. The lowest BCUT2D eigenvalue weighted by Crippen LogP contribution is -2.19. The molecule has 0 fully saturated rings. The molecule has 0 aliphatic rings. The van der Waals surface area contributed by atoms with E-state index in [0.29, 0.717) is 26.4 Å². The van der Waals surface area contributed by atoms with Gasteiger partial charge >= 0.3 is 0 Å². The Bertz CT molecular complexity index is 1320. The van der Waals surface area contributed by atoms with Crippen molar-refractivity contribution < 1.29 is 33.2 Å². The summed E-state index contributed by atoms with van der Waals surface area (Å²) < 4.78 is 46.5. The van der Waals surface area contributed by atoms with E-state index in [-0.39, 0.29) is 13.6 Å². The number of benzene rings is 2. The molecule has 2 aromatic carbocycles. The molecule has 0 radical (unpaired) electrons. The van der Waals surface area contributed by atoms with Crippen molar-refractivity contribution in [3.05, 3.63) is 94.8 Å². The van der Waals surface area contributed by atoms with Crippen molar-refractivity contribution in [3.8, 4) is 0 Å². The molecule has 0 aliphatic carbocycles. The zero-order valence-electron chi connectivity index (χ0n) is 44.2. The number of ether oxygens (including phenoxy) is 7. The van der Waals surface area contributed by atoms with Crippen LogP contribution in [0.1, 0.15) is 258 Å². The normalized spacial score (nSPS) is 13.2. The van der Waals surface area contributed by atoms with Gasteiger partial charge in [-0.3, -0.25) is 0 Å². The first-order chi connectivity index (χ1) is 33.1. The Kier molecular flexibility index (Phi) is 39.7. The third-order valence-corrected chi connectivity index (χ3v) is 12.4. The molecule has 2 rings (SSSR count). The predicted molar refractivity (Wildman–Crippen MR) is 282 cm³/mol. The van der Waals surface area contributed by atoms with Crippen LogP contribution >= 0.6 is 0 Å². The summed E-state index contributed by atoms with van der Waals surface area (Å²) in [7, 11) is 0. The summed E-state index contributed by atoms with van der Waals surface area (Å²) in [6.45, 7) is 15.9. The summed E-state index contributed by atoms with van der Waals surface area (Å²) in [5.41, 5.74) is 2.02. The van der Waals surface area contributed by atoms with Gasteiger partial charge in [-0.2, -0.15) is 0 Å². The number of hydrogen-bond acceptors (Lipinski definition) is 7. The Balaban J connectivity index is 2.32. The summed E-state index contributed by atoms with van der Waals surface area (Å²) in [5, 5.41) is 0. The molecule has 0 aliphatic heterocycles. The molecule has 0 spiro atoms. The van der Waals surface area contributed by atoms with Crippen LogP contribution in [0, 0.1) is 0 Å². The van der Waals surface area contributed by atoms with E-state index >= 15 is 0 Å². The highest BCUT2D eigenvalue weighted by Crippen LogP contribution is 2.35. The van der Waals surface area contributed by atoms with Gasteiger partial charge in [0.05, 0.1) is 26.4 Å². The van der Waals surface area contributed by atoms with Crippen molar-refractivity contribution >= 4 is 0 Å². The van der Waals surface area contributed by atoms with Gasteiger partial charge in [-0.15, -0.1) is 0 Å². The number of rotatable bonds is 48. The van der Waals surface area contributed by atoms with Crippen molar-refractivity contribution in [1.29, 1.82) is 0 Å². The van der Waals surface area contributed by atoms with E-state index in [4.69, 9.17) is 33.2 Å². The summed E-state index contributed by atoms with van der Waals surface area (Å²) in [6, 6.07) is 20.8. The molecule has 2 aromatic rings. The zero-order valence-corrected chi connectivity index (χ0v) is 44.2. The quantitative estimate of drug-likeness (QED) is 0.0372. The Morgan fingerprint density at radius 2 is 0.612 bits per heavy atom. The van der Waals surface area contributed by atoms with Crippen LogP contribution < -0.4 is 0 Å². The molecule has 7 heteroatoms. The van der Waals surface area contributed by atoms with Gasteiger partial charge in [0, 0.05) is 12.8 Å². The molecule has 0 amide bonds. The second-order valence-electron chi connectivity index (χ2n) is 18.6. The first-order valence-corrected chi connectivity index (χ1v) is 28.0. The van der Waals surface area contributed by atoms with Gasteiger partial charge < -0.3 is 33.2 Å². The van der Waals surface area contributed by atoms with Crippen LogP contribution in [0.3, 0.4) is 0 Å². The second-order valence-corrected chi connectivity index (χ2v) is 18.6. The first kappa shape index (κ1) is 60.1. The van der Waals surface area contributed by atoms with E-state index in [0.717, 1.165) is 111 Å². The van der Waals surface area contributed by atoms with Crippen LogP contribution in [0.4, 0.5) is 0 Å². The van der Waals surface area contributed by atoms with Gasteiger partial charge in [-0.05, 0) is 49.7 Å². The molecule has 0 N–H and O–H groups in total. The Hall–Kier alpha value is -3.00. The third-order valence-electron chi connectivity index (χ3n) is 12.4. The first-order valence-electron chi connectivity index (χ1n) is 28.0. The minimum absolute atomic E-state index is 0.0103. The summed E-state index contributed by atoms with van der Waals surface area (Å²) in [4.78, 5) is 0. The Morgan fingerprint density at radius 1 is 0.328 bits per heavy atom. The van der Waals surface area contributed by atoms with Gasteiger partial charge in [0.15, 0.2) is 25.1 Å². The summed E-state index contributed by atoms with van der Waals surface area (Å²) >= 11 is 0. The van der Waals surface area contributed by atoms with Crippen LogP contribution in [0.15, 0.2) is 83.7 Å². The van der Waals surface area contributed by atoms with E-state index in [2.05, 4.69) is 90.1 Å². The molecule has 2 atom stereocenters. The lowest BCUT2D eigenvalue weighted by Gasteiger charge is -2.27. The zero-order chi connectivity index (χ0) is 48.1. The molecule has 0 saturated heterocycles. The van der Waals surface area contributed by atoms with Gasteiger partial charge in [-0.1, -0.05) is 243 Å². The Morgan fingerprint density at radius 3 is 0.925 bits per heavy atom. The second kappa shape index (κ2) is 44.2. The molecule has 0 heterocycles. The third kappa shape index (κ3) is 29.6. The lowest BCUT2D eigenvalue weighted by atomic mass is 10.0. The Labute approximate surface area is 412 Å². The van der Waals surface area contributed by atoms with Crippen LogP contribution in [0.25, 0.3) is 0 Å². The highest BCUT2D eigenvalue weighted by molar-refractivity contribution is 5.27. The maximum atomic E-state index is 6.73. The van der Waals surface area contributed by atoms with Gasteiger partial charge in [0.2, 0.25) is 0 Å². The molecule has 0 bridgehead atoms. The number of unbranched alkanes of at least 4 members (excludes halogenated alkanes) is 22. The van der Waals surface area contributed by atoms with E-state index in [9.17, 15) is 0 Å². The number of allylic oxidation sites excluding steroid dienone is 2. The largest absolute Gasteiger partial charge is 0.494 e. The molecule has 0 saturated carbocycles. The van der Waals surface area contributed by atoms with E-state index in [1.807, 2.05) is 12.1 Å². The van der Waals surface area contributed by atoms with Crippen LogP contribution in [-0.2, 0) is 33.2 Å². The molecule has 2 unspecified atom stereocenters. The average molecular weight is 935 g/mol. The maximum absolute atomic E-state index is 6.73. The van der Waals surface area contributed by atoms with Gasteiger partial charge in [-0.25, -0.2) is 0 Å². The van der Waals surface area contributed by atoms with Crippen molar-refractivity contribution in [2.45, 2.75) is 246 Å². The summed E-state index contributed by atoms with van der Waals surface area (Å²) in [5.74, 6) is 3.37. The van der Waals surface area contributed by atoms with Crippen LogP contribution in [0.2, 0.25) is 0 Å². The highest BCUT2D eigenvalue weighted by Gasteiger charge is 2.27. The van der Waals surface area contributed by atoms with Gasteiger partial charge in [0.1, 0.15) is 23.7 Å². The lowest BCUT2D eigenvalue weighted by molar-refractivity contribution is -0.167. The summed E-state index contributed by atoms with van der Waals surface area (Å²) in [6.07, 6.45) is 34.6. The topological polar surface area (TPSA) is 64.6 Å². The fraction of sp³-hybridized carbons (Fsp3) is 0.733. The molecule has 0 aromatic heterocycles. The maximum Gasteiger partial charge on any atom is 0.167 e. The molecular weight excluding hydrogens is 833 g/mol. The molecule has 67 heavy (non-hydrogen) atoms. The SMILES string of the molecule is CCCCCCCCCCCCC(OCCCC)=C(OCCCC)C(OCOCOC(C(OCCCC)=C(CCCCCCCCCCCC)OCCCC)c1ccccc1)c1ccccc1. The minimum Gasteiger partial charge on any atom is -0.494 e. The fourth-order valence-electron chi connectivity index (χ4n) is 8.18. The van der Waals surface area contributed by atoms with Crippen molar-refractivity contribution in [1.82, 2.24) is 0 Å². The van der Waals surface area contributed by atoms with Crippen LogP contribution in [0.5, 0.6) is 0 Å². The van der Waals surface area contributed by atoms with Crippen molar-refractivity contribution in [2.24, 2.45) is 0 Å². The van der Waals surface area contributed by atoms with Crippen LogP contribution in [-0.4, -0.2) is 40.0 Å². The van der Waals surface area contributed by atoms with Crippen molar-refractivity contribution in [3.63, 3.8) is 0 Å². The predicted octanol–water partition coefficient (Wildman–Crippen LogP) is 18.7. The average Bonchev–Trinajstić information content (AvgIpc) is 3.35. The van der Waals surface area contributed by atoms with Gasteiger partial charge in [0.25, 0.3) is 0 Å². The van der Waals surface area contributed by atoms with E-state index < -0.39 is 12.2 Å². The number of hydrogen-bond donors (Lipinski definition) is 0. The standard InChI is InChI=1S/C60H102O7/c1-7-13-19-21-23-25-27-29-31-39-45-55(62-47-15-9-3)59(64-49-17-11-5)57(53-41-35-33-36-42-53)66-51-61-52-67-58(54-43-37-34-38-44-54)60(65-50-18-12-6)56(63-48-16-10-4)46-40-32-30-28-26-24-22-20-14-8-2/h33-38,41-44,57-58H,7-32,39-40,45-52H2,1-6H3. The fourth-order valence-corrected chi connectivity index (χ4v) is 8.18.